The third-order valence-electron chi connectivity index (χ3n) is 3.62. The van der Waals surface area contributed by atoms with Gasteiger partial charge in [-0.3, -0.25) is 0 Å². The van der Waals surface area contributed by atoms with E-state index in [1.165, 1.54) is 12.8 Å². The number of hydrogen-bond acceptors (Lipinski definition) is 5. The van der Waals surface area contributed by atoms with E-state index in [2.05, 4.69) is 22.0 Å². The summed E-state index contributed by atoms with van der Waals surface area (Å²) in [5.41, 5.74) is 7.37. The maximum atomic E-state index is 5.66. The first-order valence-corrected chi connectivity index (χ1v) is 7.69. The van der Waals surface area contributed by atoms with Crippen LogP contribution in [-0.2, 0) is 6.42 Å². The van der Waals surface area contributed by atoms with Crippen molar-refractivity contribution in [3.05, 3.63) is 29.8 Å². The van der Waals surface area contributed by atoms with E-state index in [0.29, 0.717) is 17.6 Å². The summed E-state index contributed by atoms with van der Waals surface area (Å²) in [4.78, 5) is 8.85. The molecule has 2 rings (SSSR count). The molecule has 2 N–H and O–H groups in total. The van der Waals surface area contributed by atoms with Crippen molar-refractivity contribution in [3.63, 3.8) is 0 Å². The molecule has 0 bridgehead atoms. The Hall–Kier alpha value is -1.75. The maximum Gasteiger partial charge on any atom is 0.227 e. The van der Waals surface area contributed by atoms with Crippen LogP contribution in [0.5, 0.6) is 0 Å². The van der Waals surface area contributed by atoms with Crippen molar-refractivity contribution in [2.75, 3.05) is 6.54 Å². The second-order valence-electron chi connectivity index (χ2n) is 5.45. The van der Waals surface area contributed by atoms with Gasteiger partial charge in [0.2, 0.25) is 11.7 Å². The van der Waals surface area contributed by atoms with Gasteiger partial charge in [0.1, 0.15) is 5.69 Å². The van der Waals surface area contributed by atoms with Gasteiger partial charge in [-0.05, 0) is 44.4 Å². The average molecular weight is 288 g/mol. The van der Waals surface area contributed by atoms with Gasteiger partial charge in [0, 0.05) is 12.1 Å². The molecular weight excluding hydrogens is 264 g/mol. The smallest absolute Gasteiger partial charge is 0.227 e. The van der Waals surface area contributed by atoms with Crippen molar-refractivity contribution >= 4 is 0 Å². The van der Waals surface area contributed by atoms with E-state index in [-0.39, 0.29) is 0 Å². The fraction of sp³-hybridized carbons (Fsp3) is 0.562. The zero-order valence-corrected chi connectivity index (χ0v) is 12.9. The molecule has 5 nitrogen and oxygen atoms in total. The summed E-state index contributed by atoms with van der Waals surface area (Å²) in [7, 11) is 0. The van der Waals surface area contributed by atoms with E-state index in [4.69, 9.17) is 10.3 Å². The molecule has 21 heavy (non-hydrogen) atoms. The largest absolute Gasteiger partial charge is 0.339 e. The average Bonchev–Trinajstić information content (AvgIpc) is 2.94. The molecule has 0 amide bonds. The number of hydrogen-bond donors (Lipinski definition) is 1. The first kappa shape index (κ1) is 15.6. The van der Waals surface area contributed by atoms with Crippen LogP contribution >= 0.6 is 0 Å². The van der Waals surface area contributed by atoms with Crippen molar-refractivity contribution in [1.29, 1.82) is 0 Å². The van der Waals surface area contributed by atoms with Gasteiger partial charge in [0.15, 0.2) is 0 Å². The molecule has 2 aromatic heterocycles. The molecule has 1 unspecified atom stereocenters. The lowest BCUT2D eigenvalue weighted by atomic mass is 9.94. The minimum absolute atomic E-state index is 0.569. The first-order valence-electron chi connectivity index (χ1n) is 7.69. The van der Waals surface area contributed by atoms with E-state index < -0.39 is 0 Å². The Morgan fingerprint density at radius 3 is 2.76 bits per heavy atom. The Labute approximate surface area is 126 Å². The monoisotopic (exact) mass is 288 g/mol. The van der Waals surface area contributed by atoms with Gasteiger partial charge >= 0.3 is 0 Å². The summed E-state index contributed by atoms with van der Waals surface area (Å²) >= 11 is 0. The van der Waals surface area contributed by atoms with Crippen LogP contribution in [0.25, 0.3) is 11.5 Å². The second kappa shape index (κ2) is 7.88. The van der Waals surface area contributed by atoms with E-state index in [1.807, 2.05) is 25.1 Å². The molecule has 0 spiro atoms. The summed E-state index contributed by atoms with van der Waals surface area (Å²) in [6, 6.07) is 5.80. The van der Waals surface area contributed by atoms with Crippen LogP contribution in [0.2, 0.25) is 0 Å². The van der Waals surface area contributed by atoms with Gasteiger partial charge in [0.05, 0.1) is 0 Å². The minimum atomic E-state index is 0.569. The van der Waals surface area contributed by atoms with Crippen LogP contribution < -0.4 is 5.73 Å². The molecule has 0 saturated carbocycles. The zero-order chi connectivity index (χ0) is 15.1. The first-order chi connectivity index (χ1) is 10.2. The van der Waals surface area contributed by atoms with Gasteiger partial charge in [-0.15, -0.1) is 0 Å². The maximum absolute atomic E-state index is 5.66. The van der Waals surface area contributed by atoms with Gasteiger partial charge in [0.25, 0.3) is 0 Å². The topological polar surface area (TPSA) is 77.8 Å². The van der Waals surface area contributed by atoms with Crippen molar-refractivity contribution in [2.45, 2.75) is 46.0 Å². The fourth-order valence-corrected chi connectivity index (χ4v) is 2.53. The van der Waals surface area contributed by atoms with E-state index in [0.717, 1.165) is 37.2 Å². The van der Waals surface area contributed by atoms with Crippen LogP contribution in [0, 0.1) is 12.8 Å². The molecule has 0 aliphatic rings. The van der Waals surface area contributed by atoms with E-state index in [1.54, 1.807) is 0 Å². The summed E-state index contributed by atoms with van der Waals surface area (Å²) in [6.45, 7) is 4.90. The van der Waals surface area contributed by atoms with Gasteiger partial charge in [-0.25, -0.2) is 4.98 Å². The highest BCUT2D eigenvalue weighted by Gasteiger charge is 2.13. The second-order valence-corrected chi connectivity index (χ2v) is 5.45. The molecule has 5 heteroatoms. The van der Waals surface area contributed by atoms with E-state index in [9.17, 15) is 0 Å². The van der Waals surface area contributed by atoms with Crippen LogP contribution in [0.15, 0.2) is 22.7 Å². The standard InChI is InChI=1S/C16H24N4O/c1-3-5-13(10-11-17)8-9-15-19-16(20-21-15)14-7-4-6-12(2)18-14/h4,6-7,13H,3,5,8-11,17H2,1-2H3. The lowest BCUT2D eigenvalue weighted by molar-refractivity contribution is 0.349. The highest BCUT2D eigenvalue weighted by molar-refractivity contribution is 5.47. The number of nitrogens with two attached hydrogens (primary N) is 1. The van der Waals surface area contributed by atoms with Crippen LogP contribution in [-0.4, -0.2) is 21.7 Å². The Bertz CT molecular complexity index is 547. The lowest BCUT2D eigenvalue weighted by Gasteiger charge is -2.13. The van der Waals surface area contributed by atoms with Crippen molar-refractivity contribution in [1.82, 2.24) is 15.1 Å². The van der Waals surface area contributed by atoms with Crippen molar-refractivity contribution in [2.24, 2.45) is 11.7 Å². The summed E-state index contributed by atoms with van der Waals surface area (Å²) in [6.07, 6.45) is 5.32. The highest BCUT2D eigenvalue weighted by atomic mass is 16.5. The summed E-state index contributed by atoms with van der Waals surface area (Å²) in [5, 5.41) is 4.02. The Morgan fingerprint density at radius 1 is 1.19 bits per heavy atom. The molecule has 0 aliphatic heterocycles. The number of rotatable bonds is 8. The molecular formula is C16H24N4O. The van der Waals surface area contributed by atoms with Gasteiger partial charge in [-0.1, -0.05) is 31.0 Å². The molecule has 114 valence electrons. The molecule has 1 atom stereocenters. The molecule has 2 aromatic rings. The fourth-order valence-electron chi connectivity index (χ4n) is 2.53. The summed E-state index contributed by atoms with van der Waals surface area (Å²) in [5.74, 6) is 1.90. The Morgan fingerprint density at radius 2 is 2.05 bits per heavy atom. The summed E-state index contributed by atoms with van der Waals surface area (Å²) < 4.78 is 5.33. The van der Waals surface area contributed by atoms with Crippen molar-refractivity contribution in [3.8, 4) is 11.5 Å². The molecule has 0 aromatic carbocycles. The predicted molar refractivity (Wildman–Crippen MR) is 82.7 cm³/mol. The number of aromatic nitrogens is 3. The quantitative estimate of drug-likeness (QED) is 0.807. The molecule has 0 aliphatic carbocycles. The molecule has 0 fully saturated rings. The minimum Gasteiger partial charge on any atom is -0.339 e. The highest BCUT2D eigenvalue weighted by Crippen LogP contribution is 2.19. The number of aryl methyl sites for hydroxylation is 2. The Kier molecular flexibility index (Phi) is 5.87. The predicted octanol–water partition coefficient (Wildman–Crippen LogP) is 3.14. The Balaban J connectivity index is 1.96. The van der Waals surface area contributed by atoms with Crippen molar-refractivity contribution < 1.29 is 4.52 Å². The van der Waals surface area contributed by atoms with Gasteiger partial charge in [-0.2, -0.15) is 4.98 Å². The lowest BCUT2D eigenvalue weighted by Crippen LogP contribution is -2.09. The van der Waals surface area contributed by atoms with Crippen LogP contribution in [0.1, 0.15) is 44.2 Å². The third-order valence-corrected chi connectivity index (χ3v) is 3.62. The van der Waals surface area contributed by atoms with Gasteiger partial charge < -0.3 is 10.3 Å². The normalized spacial score (nSPS) is 12.5. The third kappa shape index (κ3) is 4.63. The van der Waals surface area contributed by atoms with Crippen LogP contribution in [0.4, 0.5) is 0 Å². The zero-order valence-electron chi connectivity index (χ0n) is 12.9. The number of nitrogens with zero attached hydrogens (tertiary/aromatic N) is 3. The van der Waals surface area contributed by atoms with E-state index >= 15 is 0 Å². The molecule has 0 saturated heterocycles. The molecule has 0 radical (unpaired) electrons. The SMILES string of the molecule is CCCC(CCN)CCc1nc(-c2cccc(C)n2)no1. The molecule has 2 heterocycles. The van der Waals surface area contributed by atoms with Crippen LogP contribution in [0.3, 0.4) is 0 Å². The number of pyridine rings is 1.